The van der Waals surface area contributed by atoms with Crippen LogP contribution in [0.1, 0.15) is 43.4 Å². The molecule has 242 valence electrons. The highest BCUT2D eigenvalue weighted by Crippen LogP contribution is 2.09. The molecule has 15 nitrogen and oxygen atoms in total. The van der Waals surface area contributed by atoms with Gasteiger partial charge in [-0.2, -0.15) is 0 Å². The van der Waals surface area contributed by atoms with Crippen LogP contribution in [-0.4, -0.2) is 81.6 Å². The van der Waals surface area contributed by atoms with E-state index in [1.165, 1.54) is 0 Å². The number of imidazole rings is 1. The molecule has 2 aromatic rings. The van der Waals surface area contributed by atoms with E-state index in [4.69, 9.17) is 34.8 Å². The minimum absolute atomic E-state index is 0.0174. The van der Waals surface area contributed by atoms with Crippen molar-refractivity contribution >= 4 is 41.9 Å². The SMILES string of the molecule is Cn1cc(CC(NC(=O)C(N)CCCNC(=N)N)C(=O)NC(CCCCN)C(=O)NC(Cc2ccccc2)C(=O)O)[nH]c1=S. The second-order valence-corrected chi connectivity index (χ2v) is 10.9. The summed E-state index contributed by atoms with van der Waals surface area (Å²) in [6.07, 6.45) is 3.75. The molecule has 0 aliphatic carbocycles. The molecule has 3 amide bonds. The minimum atomic E-state index is -1.23. The Kier molecular flexibility index (Phi) is 15.0. The molecule has 0 saturated heterocycles. The lowest BCUT2D eigenvalue weighted by Crippen LogP contribution is -2.57. The maximum Gasteiger partial charge on any atom is 0.326 e. The normalized spacial score (nSPS) is 13.6. The molecule has 4 atom stereocenters. The fourth-order valence-electron chi connectivity index (χ4n) is 4.39. The van der Waals surface area contributed by atoms with Gasteiger partial charge in [0.15, 0.2) is 10.7 Å². The molecule has 2 rings (SSSR count). The quantitative estimate of drug-likeness (QED) is 0.0396. The first-order chi connectivity index (χ1) is 20.9. The summed E-state index contributed by atoms with van der Waals surface area (Å²) < 4.78 is 2.06. The number of unbranched alkanes of at least 4 members (excludes halogenated alkanes) is 1. The van der Waals surface area contributed by atoms with Crippen LogP contribution in [0.2, 0.25) is 0 Å². The number of guanidine groups is 1. The van der Waals surface area contributed by atoms with E-state index in [9.17, 15) is 24.3 Å². The number of nitrogens with zero attached hydrogens (tertiary/aromatic N) is 1. The molecule has 0 aliphatic heterocycles. The number of carbonyl (C=O) groups excluding carboxylic acids is 3. The third kappa shape index (κ3) is 12.5. The molecule has 13 N–H and O–H groups in total. The van der Waals surface area contributed by atoms with Crippen LogP contribution in [-0.2, 0) is 39.1 Å². The van der Waals surface area contributed by atoms with Crippen molar-refractivity contribution in [3.63, 3.8) is 0 Å². The number of carbonyl (C=O) groups is 4. The fraction of sp³-hybridized carbons (Fsp3) is 0.500. The number of benzene rings is 1. The van der Waals surface area contributed by atoms with Crippen molar-refractivity contribution in [2.24, 2.45) is 24.2 Å². The predicted octanol–water partition coefficient (Wildman–Crippen LogP) is -0.874. The van der Waals surface area contributed by atoms with Gasteiger partial charge < -0.3 is 53.1 Å². The van der Waals surface area contributed by atoms with Crippen molar-refractivity contribution in [1.29, 1.82) is 5.41 Å². The number of amides is 3. The molecule has 44 heavy (non-hydrogen) atoms. The van der Waals surface area contributed by atoms with E-state index < -0.39 is 47.9 Å². The fourth-order valence-corrected chi connectivity index (χ4v) is 4.58. The third-order valence-electron chi connectivity index (χ3n) is 6.82. The zero-order valence-corrected chi connectivity index (χ0v) is 25.6. The number of aryl methyl sites for hydroxylation is 1. The summed E-state index contributed by atoms with van der Waals surface area (Å²) >= 11 is 5.23. The first-order valence-electron chi connectivity index (χ1n) is 14.4. The van der Waals surface area contributed by atoms with Crippen molar-refractivity contribution in [2.45, 2.75) is 69.1 Å². The number of hydrogen-bond acceptors (Lipinski definition) is 8. The van der Waals surface area contributed by atoms with Gasteiger partial charge >= 0.3 is 5.97 Å². The highest BCUT2D eigenvalue weighted by atomic mass is 32.1. The Hall–Kier alpha value is -4.28. The number of aromatic nitrogens is 2. The number of aliphatic carboxylic acids is 1. The Morgan fingerprint density at radius 2 is 1.59 bits per heavy atom. The lowest BCUT2D eigenvalue weighted by molar-refractivity contribution is -0.142. The number of nitrogens with one attached hydrogen (secondary N) is 6. The highest BCUT2D eigenvalue weighted by molar-refractivity contribution is 7.71. The Morgan fingerprint density at radius 3 is 2.18 bits per heavy atom. The van der Waals surface area contributed by atoms with Crippen LogP contribution in [0.25, 0.3) is 0 Å². The molecule has 0 radical (unpaired) electrons. The van der Waals surface area contributed by atoms with Gasteiger partial charge in [0.2, 0.25) is 17.7 Å². The van der Waals surface area contributed by atoms with E-state index in [-0.39, 0.29) is 31.6 Å². The first kappa shape index (κ1) is 35.9. The summed E-state index contributed by atoms with van der Waals surface area (Å²) in [5.74, 6) is -3.32. The largest absolute Gasteiger partial charge is 0.480 e. The average molecular weight is 633 g/mol. The summed E-state index contributed by atoms with van der Waals surface area (Å²) in [6.45, 7) is 0.724. The average Bonchev–Trinajstić information content (AvgIpc) is 3.30. The smallest absolute Gasteiger partial charge is 0.326 e. The Balaban J connectivity index is 2.21. The van der Waals surface area contributed by atoms with Gasteiger partial charge in [0.1, 0.15) is 18.1 Å². The van der Waals surface area contributed by atoms with Crippen LogP contribution < -0.4 is 38.5 Å². The molecule has 1 aromatic heterocycles. The van der Waals surface area contributed by atoms with E-state index >= 15 is 0 Å². The first-order valence-corrected chi connectivity index (χ1v) is 14.8. The molecule has 0 fully saturated rings. The number of rotatable bonds is 19. The van der Waals surface area contributed by atoms with Gasteiger partial charge in [0.25, 0.3) is 0 Å². The third-order valence-corrected chi connectivity index (χ3v) is 7.21. The second kappa shape index (κ2) is 18.4. The summed E-state index contributed by atoms with van der Waals surface area (Å²) in [5.41, 5.74) is 18.3. The van der Waals surface area contributed by atoms with Gasteiger partial charge in [0.05, 0.1) is 6.04 Å². The molecule has 16 heteroatoms. The van der Waals surface area contributed by atoms with Crippen molar-refractivity contribution in [3.05, 3.63) is 52.6 Å². The molecule has 1 heterocycles. The lowest BCUT2D eigenvalue weighted by atomic mass is 10.0. The number of aromatic amines is 1. The molecule has 0 spiro atoms. The van der Waals surface area contributed by atoms with Crippen LogP contribution in [0.5, 0.6) is 0 Å². The van der Waals surface area contributed by atoms with Crippen molar-refractivity contribution in [1.82, 2.24) is 30.8 Å². The molecule has 4 unspecified atom stereocenters. The number of nitrogens with two attached hydrogens (primary N) is 3. The van der Waals surface area contributed by atoms with Gasteiger partial charge in [-0.1, -0.05) is 30.3 Å². The Labute approximate surface area is 261 Å². The number of carboxylic acids is 1. The summed E-state index contributed by atoms with van der Waals surface area (Å²) in [6, 6.07) is 4.46. The molecule has 0 aliphatic rings. The lowest BCUT2D eigenvalue weighted by Gasteiger charge is -2.25. The molecular formula is C28H44N10O5S. The number of hydrogen-bond donors (Lipinski definition) is 10. The van der Waals surface area contributed by atoms with Crippen LogP contribution in [0.3, 0.4) is 0 Å². The van der Waals surface area contributed by atoms with Gasteiger partial charge in [-0.25, -0.2) is 4.79 Å². The van der Waals surface area contributed by atoms with Gasteiger partial charge in [-0.3, -0.25) is 19.8 Å². The molecule has 0 saturated carbocycles. The van der Waals surface area contributed by atoms with E-state index in [0.29, 0.717) is 42.8 Å². The maximum atomic E-state index is 13.6. The van der Waals surface area contributed by atoms with E-state index in [0.717, 1.165) is 5.56 Å². The highest BCUT2D eigenvalue weighted by Gasteiger charge is 2.30. The van der Waals surface area contributed by atoms with Gasteiger partial charge in [-0.05, 0) is 56.4 Å². The van der Waals surface area contributed by atoms with Gasteiger partial charge in [0, 0.05) is 38.3 Å². The van der Waals surface area contributed by atoms with Crippen LogP contribution in [0.4, 0.5) is 0 Å². The summed E-state index contributed by atoms with van der Waals surface area (Å²) in [5, 5.41) is 27.6. The summed E-state index contributed by atoms with van der Waals surface area (Å²) in [7, 11) is 1.73. The minimum Gasteiger partial charge on any atom is -0.480 e. The molecular weight excluding hydrogens is 588 g/mol. The van der Waals surface area contributed by atoms with Gasteiger partial charge in [-0.15, -0.1) is 0 Å². The van der Waals surface area contributed by atoms with Crippen molar-refractivity contribution in [3.8, 4) is 0 Å². The maximum absolute atomic E-state index is 13.6. The number of carboxylic acid groups (broad SMARTS) is 1. The zero-order chi connectivity index (χ0) is 32.6. The summed E-state index contributed by atoms with van der Waals surface area (Å²) in [4.78, 5) is 54.9. The zero-order valence-electron chi connectivity index (χ0n) is 24.8. The van der Waals surface area contributed by atoms with E-state index in [1.807, 2.05) is 0 Å². The topological polar surface area (TPSA) is 259 Å². The molecule has 0 bridgehead atoms. The second-order valence-electron chi connectivity index (χ2n) is 10.5. The predicted molar refractivity (Wildman–Crippen MR) is 168 cm³/mol. The Morgan fingerprint density at radius 1 is 0.955 bits per heavy atom. The van der Waals surface area contributed by atoms with Crippen molar-refractivity contribution < 1.29 is 24.3 Å². The van der Waals surface area contributed by atoms with Crippen molar-refractivity contribution in [2.75, 3.05) is 13.1 Å². The van der Waals surface area contributed by atoms with Crippen LogP contribution >= 0.6 is 12.2 Å². The van der Waals surface area contributed by atoms with E-state index in [1.54, 1.807) is 48.1 Å². The standard InChI is InChI=1S/C28H44N10O5S/c1-38-16-18(34-28(38)44)15-21(36-23(39)19(30)10-7-13-33-27(31)32)25(41)35-20(11-5-6-12-29)24(40)37-22(26(42)43)14-17-8-3-2-4-9-17/h2-4,8-9,16,19-22H,5-7,10-15,29-30H2,1H3,(H,34,44)(H,35,41)(H,36,39)(H,37,40)(H,42,43)(H4,31,32,33). The van der Waals surface area contributed by atoms with Crippen LogP contribution in [0, 0.1) is 10.2 Å². The monoisotopic (exact) mass is 632 g/mol. The Bertz CT molecular complexity index is 1320. The van der Waals surface area contributed by atoms with Crippen LogP contribution in [0.15, 0.2) is 36.5 Å². The number of H-pyrrole nitrogens is 1. The molecule has 1 aromatic carbocycles. The van der Waals surface area contributed by atoms with E-state index in [2.05, 4.69) is 26.3 Å².